The minimum Gasteiger partial charge on any atom is -0.444 e. The van der Waals surface area contributed by atoms with Gasteiger partial charge in [0.05, 0.1) is 11.1 Å². The summed E-state index contributed by atoms with van der Waals surface area (Å²) >= 11 is 0. The molecule has 1 aromatic rings. The lowest BCUT2D eigenvalue weighted by atomic mass is 9.87. The summed E-state index contributed by atoms with van der Waals surface area (Å²) in [6, 6.07) is 3.92. The van der Waals surface area contributed by atoms with Crippen LogP contribution in [-0.4, -0.2) is 40.6 Å². The van der Waals surface area contributed by atoms with Crippen LogP contribution in [0.5, 0.6) is 0 Å². The van der Waals surface area contributed by atoms with Crippen molar-refractivity contribution >= 4 is 23.4 Å². The van der Waals surface area contributed by atoms with Gasteiger partial charge in [-0.15, -0.1) is 0 Å². The summed E-state index contributed by atoms with van der Waals surface area (Å²) in [6.07, 6.45) is 2.42. The molecule has 0 unspecified atom stereocenters. The van der Waals surface area contributed by atoms with Gasteiger partial charge in [-0.3, -0.25) is 4.79 Å². The molecule has 0 saturated heterocycles. The molecule has 0 saturated carbocycles. The monoisotopic (exact) mass is 343 g/mol. The van der Waals surface area contributed by atoms with E-state index in [9.17, 15) is 9.59 Å². The van der Waals surface area contributed by atoms with Crippen molar-refractivity contribution in [3.05, 3.63) is 29.5 Å². The Morgan fingerprint density at radius 1 is 1.32 bits per heavy atom. The van der Waals surface area contributed by atoms with Crippen LogP contribution in [0.4, 0.5) is 10.6 Å². The summed E-state index contributed by atoms with van der Waals surface area (Å²) in [4.78, 5) is 30.5. The number of fused-ring (bicyclic) bond motifs is 1. The van der Waals surface area contributed by atoms with E-state index in [0.717, 1.165) is 16.8 Å². The lowest BCUT2D eigenvalue weighted by Gasteiger charge is -2.29. The molecule has 0 aliphatic carbocycles. The molecule has 2 aliphatic rings. The molecular formula is C19H25N3O3. The van der Waals surface area contributed by atoms with E-state index in [0.29, 0.717) is 25.3 Å². The highest BCUT2D eigenvalue weighted by molar-refractivity contribution is 6.04. The van der Waals surface area contributed by atoms with E-state index in [1.165, 1.54) is 0 Å². The Hall–Kier alpha value is -2.37. The minimum atomic E-state index is -0.546. The molecule has 1 N–H and O–H groups in total. The van der Waals surface area contributed by atoms with E-state index >= 15 is 0 Å². The number of ether oxygens (including phenoxy) is 1. The first-order valence-electron chi connectivity index (χ1n) is 8.58. The van der Waals surface area contributed by atoms with E-state index in [2.05, 4.69) is 10.3 Å². The number of rotatable bonds is 1. The molecule has 2 aliphatic heterocycles. The van der Waals surface area contributed by atoms with Gasteiger partial charge >= 0.3 is 6.09 Å². The van der Waals surface area contributed by atoms with E-state index < -0.39 is 11.0 Å². The van der Waals surface area contributed by atoms with Gasteiger partial charge in [-0.1, -0.05) is 12.1 Å². The summed E-state index contributed by atoms with van der Waals surface area (Å²) in [7, 11) is 0. The van der Waals surface area contributed by atoms with Crippen LogP contribution < -0.4 is 5.32 Å². The zero-order valence-electron chi connectivity index (χ0n) is 15.5. The molecule has 0 atom stereocenters. The molecule has 0 bridgehead atoms. The van der Waals surface area contributed by atoms with Crippen LogP contribution >= 0.6 is 0 Å². The van der Waals surface area contributed by atoms with Gasteiger partial charge in [-0.05, 0) is 52.7 Å². The van der Waals surface area contributed by atoms with Crippen LogP contribution in [-0.2, 0) is 14.9 Å². The van der Waals surface area contributed by atoms with Crippen molar-refractivity contribution in [2.45, 2.75) is 52.1 Å². The second-order valence-corrected chi connectivity index (χ2v) is 8.08. The van der Waals surface area contributed by atoms with Gasteiger partial charge in [0, 0.05) is 18.7 Å². The summed E-state index contributed by atoms with van der Waals surface area (Å²) in [6.45, 7) is 10.5. The number of pyridine rings is 1. The highest BCUT2D eigenvalue weighted by atomic mass is 16.6. The van der Waals surface area contributed by atoms with Gasteiger partial charge in [0.25, 0.3) is 0 Å². The van der Waals surface area contributed by atoms with Gasteiger partial charge in [0.2, 0.25) is 5.91 Å². The first-order chi connectivity index (χ1) is 11.6. The normalized spacial score (nSPS) is 19.2. The third-order valence-electron chi connectivity index (χ3n) is 4.56. The fourth-order valence-electron chi connectivity index (χ4n) is 3.02. The van der Waals surface area contributed by atoms with Gasteiger partial charge in [-0.2, -0.15) is 0 Å². The molecule has 25 heavy (non-hydrogen) atoms. The minimum absolute atomic E-state index is 0.0270. The molecule has 6 nitrogen and oxygen atoms in total. The maximum atomic E-state index is 12.1. The first-order valence-corrected chi connectivity index (χ1v) is 8.58. The highest BCUT2D eigenvalue weighted by Crippen LogP contribution is 2.37. The number of carbonyl (C=O) groups excluding carboxylic acids is 2. The second kappa shape index (κ2) is 5.86. The van der Waals surface area contributed by atoms with Crippen molar-refractivity contribution in [1.82, 2.24) is 9.88 Å². The standard InChI is InChI=1S/C19H25N3O3/c1-18(2,3)25-17(24)22-10-8-12(9-11-22)14-7-6-13-15(20-14)21-16(23)19(13,4)5/h6-8H,9-11H2,1-5H3,(H,20,21,23). The van der Waals surface area contributed by atoms with Crippen LogP contribution in [0.3, 0.4) is 0 Å². The molecule has 3 heterocycles. The number of nitrogens with zero attached hydrogens (tertiary/aromatic N) is 2. The molecule has 3 rings (SSSR count). The Morgan fingerprint density at radius 2 is 2.04 bits per heavy atom. The van der Waals surface area contributed by atoms with Crippen molar-refractivity contribution in [2.75, 3.05) is 18.4 Å². The van der Waals surface area contributed by atoms with Crippen LogP contribution in [0.25, 0.3) is 5.57 Å². The predicted octanol–water partition coefficient (Wildman–Crippen LogP) is 3.34. The average molecular weight is 343 g/mol. The Morgan fingerprint density at radius 3 is 2.64 bits per heavy atom. The van der Waals surface area contributed by atoms with E-state index in [4.69, 9.17) is 4.74 Å². The Kier molecular flexibility index (Phi) is 4.09. The van der Waals surface area contributed by atoms with Crippen molar-refractivity contribution in [3.63, 3.8) is 0 Å². The van der Waals surface area contributed by atoms with Gasteiger partial charge in [0.1, 0.15) is 11.4 Å². The van der Waals surface area contributed by atoms with Crippen molar-refractivity contribution in [2.24, 2.45) is 0 Å². The number of anilines is 1. The Balaban J connectivity index is 1.74. The summed E-state index contributed by atoms with van der Waals surface area (Å²) in [5.74, 6) is 0.615. The molecule has 0 fully saturated rings. The maximum absolute atomic E-state index is 12.1. The molecule has 0 radical (unpaired) electrons. The van der Waals surface area contributed by atoms with E-state index in [1.54, 1.807) is 4.90 Å². The first kappa shape index (κ1) is 17.5. The van der Waals surface area contributed by atoms with Gasteiger partial charge in [-0.25, -0.2) is 9.78 Å². The molecule has 134 valence electrons. The summed E-state index contributed by atoms with van der Waals surface area (Å²) < 4.78 is 5.41. The third kappa shape index (κ3) is 3.38. The van der Waals surface area contributed by atoms with Gasteiger partial charge in [0.15, 0.2) is 0 Å². The van der Waals surface area contributed by atoms with Crippen LogP contribution in [0.1, 0.15) is 52.3 Å². The summed E-state index contributed by atoms with van der Waals surface area (Å²) in [5.41, 5.74) is 1.82. The Bertz CT molecular complexity index is 760. The quantitative estimate of drug-likeness (QED) is 0.849. The molecule has 0 spiro atoms. The zero-order chi connectivity index (χ0) is 18.4. The topological polar surface area (TPSA) is 71.5 Å². The number of aromatic nitrogens is 1. The molecule has 0 aromatic carbocycles. The van der Waals surface area contributed by atoms with Crippen molar-refractivity contribution in [1.29, 1.82) is 0 Å². The predicted molar refractivity (Wildman–Crippen MR) is 96.3 cm³/mol. The Labute approximate surface area is 148 Å². The van der Waals surface area contributed by atoms with E-state index in [1.807, 2.05) is 52.8 Å². The van der Waals surface area contributed by atoms with E-state index in [-0.39, 0.29) is 12.0 Å². The van der Waals surface area contributed by atoms with Crippen LogP contribution in [0.15, 0.2) is 18.2 Å². The maximum Gasteiger partial charge on any atom is 0.410 e. The van der Waals surface area contributed by atoms with Crippen LogP contribution in [0, 0.1) is 0 Å². The average Bonchev–Trinajstić information content (AvgIpc) is 2.75. The highest BCUT2D eigenvalue weighted by Gasteiger charge is 2.39. The number of nitrogens with one attached hydrogen (secondary N) is 1. The zero-order valence-corrected chi connectivity index (χ0v) is 15.5. The molecular weight excluding hydrogens is 318 g/mol. The largest absolute Gasteiger partial charge is 0.444 e. The molecule has 1 aromatic heterocycles. The SMILES string of the molecule is CC(C)(C)OC(=O)N1CC=C(c2ccc3c(n2)NC(=O)C3(C)C)CC1. The van der Waals surface area contributed by atoms with Crippen LogP contribution in [0.2, 0.25) is 0 Å². The lowest BCUT2D eigenvalue weighted by molar-refractivity contribution is -0.119. The smallest absolute Gasteiger partial charge is 0.410 e. The molecule has 6 heteroatoms. The fourth-order valence-corrected chi connectivity index (χ4v) is 3.02. The third-order valence-corrected chi connectivity index (χ3v) is 4.56. The molecule has 2 amide bonds. The number of carbonyl (C=O) groups is 2. The van der Waals surface area contributed by atoms with Gasteiger partial charge < -0.3 is 15.0 Å². The number of hydrogen-bond acceptors (Lipinski definition) is 4. The summed E-state index contributed by atoms with van der Waals surface area (Å²) in [5, 5.41) is 2.86. The van der Waals surface area contributed by atoms with Crippen molar-refractivity contribution < 1.29 is 14.3 Å². The van der Waals surface area contributed by atoms with Crippen molar-refractivity contribution in [3.8, 4) is 0 Å². The number of amides is 2. The fraction of sp³-hybridized carbons (Fsp3) is 0.526. The second-order valence-electron chi connectivity index (χ2n) is 8.08. The number of hydrogen-bond donors (Lipinski definition) is 1. The lowest BCUT2D eigenvalue weighted by Crippen LogP contribution is -2.39.